The van der Waals surface area contributed by atoms with E-state index in [2.05, 4.69) is 15.4 Å². The molecule has 0 saturated carbocycles. The van der Waals surface area contributed by atoms with E-state index >= 15 is 0 Å². The van der Waals surface area contributed by atoms with Gasteiger partial charge >= 0.3 is 6.09 Å². The number of rotatable bonds is 5. The lowest BCUT2D eigenvalue weighted by Gasteiger charge is -2.23. The largest absolute Gasteiger partial charge is 0.453 e. The topological polar surface area (TPSA) is 87.7 Å². The van der Waals surface area contributed by atoms with Gasteiger partial charge in [0.15, 0.2) is 0 Å². The van der Waals surface area contributed by atoms with Crippen molar-refractivity contribution >= 4 is 23.6 Å². The van der Waals surface area contributed by atoms with Crippen LogP contribution in [0.5, 0.6) is 0 Å². The van der Waals surface area contributed by atoms with Crippen LogP contribution in [-0.2, 0) is 14.3 Å². The first-order valence-electron chi connectivity index (χ1n) is 7.21. The van der Waals surface area contributed by atoms with Crippen LogP contribution < -0.4 is 10.6 Å². The molecule has 0 aliphatic heterocycles. The van der Waals surface area contributed by atoms with E-state index in [-0.39, 0.29) is 12.5 Å². The molecule has 1 atom stereocenters. The second kappa shape index (κ2) is 8.28. The van der Waals surface area contributed by atoms with Crippen LogP contribution >= 0.6 is 0 Å². The summed E-state index contributed by atoms with van der Waals surface area (Å²) in [5.41, 5.74) is 2.83. The monoisotopic (exact) mass is 321 g/mol. The third-order valence-electron chi connectivity index (χ3n) is 3.72. The number of alkyl carbamates (subject to hydrolysis) is 1. The molecule has 0 heterocycles. The molecule has 0 radical (unpaired) electrons. The van der Waals surface area contributed by atoms with Crippen LogP contribution in [0.3, 0.4) is 0 Å². The van der Waals surface area contributed by atoms with E-state index < -0.39 is 18.0 Å². The van der Waals surface area contributed by atoms with E-state index in [1.165, 1.54) is 7.11 Å². The van der Waals surface area contributed by atoms with Crippen molar-refractivity contribution in [2.75, 3.05) is 26.0 Å². The number of nitrogens with zero attached hydrogens (tertiary/aromatic N) is 1. The molecule has 0 saturated heterocycles. The van der Waals surface area contributed by atoms with Crippen molar-refractivity contribution in [3.05, 3.63) is 29.3 Å². The minimum Gasteiger partial charge on any atom is -0.453 e. The molecule has 7 heteroatoms. The average Bonchev–Trinajstić information content (AvgIpc) is 2.50. The number of benzene rings is 1. The second-order valence-corrected chi connectivity index (χ2v) is 5.37. The lowest BCUT2D eigenvalue weighted by molar-refractivity contribution is -0.125. The molecule has 0 aromatic heterocycles. The first-order valence-corrected chi connectivity index (χ1v) is 7.21. The highest BCUT2D eigenvalue weighted by molar-refractivity contribution is 5.96. The first kappa shape index (κ1) is 18.6. The van der Waals surface area contributed by atoms with Gasteiger partial charge in [-0.05, 0) is 45.0 Å². The minimum atomic E-state index is -0.824. The zero-order chi connectivity index (χ0) is 17.6. The van der Waals surface area contributed by atoms with Crippen molar-refractivity contribution in [3.63, 3.8) is 0 Å². The van der Waals surface area contributed by atoms with Gasteiger partial charge in [0.05, 0.1) is 19.7 Å². The maximum absolute atomic E-state index is 12.1. The molecule has 0 fully saturated rings. The lowest BCUT2D eigenvalue weighted by Crippen LogP contribution is -2.47. The Labute approximate surface area is 136 Å². The molecule has 0 unspecified atom stereocenters. The number of nitrogens with one attached hydrogen (secondary N) is 2. The van der Waals surface area contributed by atoms with Gasteiger partial charge in [-0.2, -0.15) is 0 Å². The van der Waals surface area contributed by atoms with E-state index in [4.69, 9.17) is 0 Å². The normalized spacial score (nSPS) is 11.7. The van der Waals surface area contributed by atoms with E-state index in [1.54, 1.807) is 18.9 Å². The Balaban J connectivity index is 2.61. The summed E-state index contributed by atoms with van der Waals surface area (Å²) in [6.45, 7) is 5.52. The van der Waals surface area contributed by atoms with Crippen molar-refractivity contribution in [1.82, 2.24) is 10.2 Å². The number of hydrogen-bond donors (Lipinski definition) is 2. The van der Waals surface area contributed by atoms with Gasteiger partial charge in [0, 0.05) is 5.69 Å². The van der Waals surface area contributed by atoms with Crippen LogP contribution in [0.4, 0.5) is 10.5 Å². The highest BCUT2D eigenvalue weighted by Crippen LogP contribution is 2.17. The van der Waals surface area contributed by atoms with Crippen LogP contribution in [0.1, 0.15) is 18.1 Å². The molecular formula is C16H23N3O4. The number of likely N-dealkylation sites (N-methyl/N-ethyl adjacent to an activating group) is 1. The van der Waals surface area contributed by atoms with Gasteiger partial charge in [-0.1, -0.05) is 12.1 Å². The van der Waals surface area contributed by atoms with Crippen molar-refractivity contribution in [3.8, 4) is 0 Å². The maximum Gasteiger partial charge on any atom is 0.413 e. The molecule has 0 aliphatic carbocycles. The summed E-state index contributed by atoms with van der Waals surface area (Å²) in [4.78, 5) is 36.5. The predicted octanol–water partition coefficient (Wildman–Crippen LogP) is 1.44. The summed E-state index contributed by atoms with van der Waals surface area (Å²) >= 11 is 0. The predicted molar refractivity (Wildman–Crippen MR) is 87.2 cm³/mol. The molecule has 1 aromatic rings. The average molecular weight is 321 g/mol. The van der Waals surface area contributed by atoms with Crippen LogP contribution in [0, 0.1) is 13.8 Å². The van der Waals surface area contributed by atoms with Crippen LogP contribution in [0.25, 0.3) is 0 Å². The molecular weight excluding hydrogens is 298 g/mol. The number of carbonyl (C=O) groups excluding carboxylic acids is 3. The zero-order valence-electron chi connectivity index (χ0n) is 14.1. The Morgan fingerprint density at radius 1 is 1.26 bits per heavy atom. The second-order valence-electron chi connectivity index (χ2n) is 5.37. The fourth-order valence-electron chi connectivity index (χ4n) is 1.90. The number of hydrogen-bond acceptors (Lipinski definition) is 5. The Hall–Kier alpha value is -2.41. The Morgan fingerprint density at radius 3 is 2.52 bits per heavy atom. The molecule has 1 rings (SSSR count). The zero-order valence-corrected chi connectivity index (χ0v) is 14.1. The van der Waals surface area contributed by atoms with Crippen molar-refractivity contribution < 1.29 is 19.1 Å². The fourth-order valence-corrected chi connectivity index (χ4v) is 1.90. The van der Waals surface area contributed by atoms with E-state index in [1.807, 2.05) is 32.0 Å². The van der Waals surface area contributed by atoms with Crippen molar-refractivity contribution in [1.29, 1.82) is 0 Å². The lowest BCUT2D eigenvalue weighted by atomic mass is 10.1. The van der Waals surface area contributed by atoms with Gasteiger partial charge in [-0.15, -0.1) is 0 Å². The molecule has 0 aliphatic rings. The molecule has 7 nitrogen and oxygen atoms in total. The number of anilines is 1. The van der Waals surface area contributed by atoms with E-state index in [0.717, 1.165) is 16.8 Å². The van der Waals surface area contributed by atoms with Gasteiger partial charge in [0.25, 0.3) is 0 Å². The standard InChI is InChI=1S/C16H23N3O4/c1-10-7-6-8-13(11(10)2)17-14(20)9-19(4)12(3)15(21)18-16(22)23-5/h6-8,12H,9H2,1-5H3,(H,17,20)(H,18,21,22)/t12-/m1/s1. The number of carbonyl (C=O) groups is 3. The Morgan fingerprint density at radius 2 is 1.91 bits per heavy atom. The summed E-state index contributed by atoms with van der Waals surface area (Å²) in [7, 11) is 2.80. The molecule has 0 bridgehead atoms. The van der Waals surface area contributed by atoms with Crippen LogP contribution in [0.2, 0.25) is 0 Å². The summed E-state index contributed by atoms with van der Waals surface area (Å²) in [6.07, 6.45) is -0.824. The third kappa shape index (κ3) is 5.37. The minimum absolute atomic E-state index is 0.0170. The third-order valence-corrected chi connectivity index (χ3v) is 3.72. The van der Waals surface area contributed by atoms with Crippen molar-refractivity contribution in [2.45, 2.75) is 26.8 Å². The number of methoxy groups -OCH3 is 1. The number of amides is 3. The molecule has 0 spiro atoms. The van der Waals surface area contributed by atoms with E-state index in [0.29, 0.717) is 0 Å². The number of imide groups is 1. The maximum atomic E-state index is 12.1. The van der Waals surface area contributed by atoms with Gasteiger partial charge in [0.2, 0.25) is 11.8 Å². The van der Waals surface area contributed by atoms with Crippen LogP contribution in [0.15, 0.2) is 18.2 Å². The van der Waals surface area contributed by atoms with Gasteiger partial charge in [-0.3, -0.25) is 19.8 Å². The summed E-state index contributed by atoms with van der Waals surface area (Å²) in [5.74, 6) is -0.766. The smallest absolute Gasteiger partial charge is 0.413 e. The summed E-state index contributed by atoms with van der Waals surface area (Å²) in [5, 5.41) is 4.90. The highest BCUT2D eigenvalue weighted by atomic mass is 16.5. The molecule has 2 N–H and O–H groups in total. The molecule has 126 valence electrons. The highest BCUT2D eigenvalue weighted by Gasteiger charge is 2.22. The van der Waals surface area contributed by atoms with Crippen molar-refractivity contribution in [2.24, 2.45) is 0 Å². The quantitative estimate of drug-likeness (QED) is 0.857. The van der Waals surface area contributed by atoms with Gasteiger partial charge < -0.3 is 10.1 Å². The van der Waals surface area contributed by atoms with Gasteiger partial charge in [0.1, 0.15) is 0 Å². The Bertz CT molecular complexity index is 601. The van der Waals surface area contributed by atoms with Crippen LogP contribution in [-0.4, -0.2) is 49.6 Å². The Kier molecular flexibility index (Phi) is 6.71. The summed E-state index contributed by atoms with van der Waals surface area (Å²) in [6, 6.07) is 5.01. The molecule has 1 aromatic carbocycles. The SMILES string of the molecule is COC(=O)NC(=O)[C@@H](C)N(C)CC(=O)Nc1cccc(C)c1C. The van der Waals surface area contributed by atoms with Gasteiger partial charge in [-0.25, -0.2) is 4.79 Å². The van der Waals surface area contributed by atoms with E-state index in [9.17, 15) is 14.4 Å². The number of ether oxygens (including phenoxy) is 1. The first-order chi connectivity index (χ1) is 10.8. The number of aryl methyl sites for hydroxylation is 1. The summed E-state index contributed by atoms with van der Waals surface area (Å²) < 4.78 is 4.37. The molecule has 3 amide bonds. The molecule has 23 heavy (non-hydrogen) atoms. The fraction of sp³-hybridized carbons (Fsp3) is 0.438.